The number of nitrogens with one attached hydrogen (secondary N) is 2. The Bertz CT molecular complexity index is 762. The van der Waals surface area contributed by atoms with Gasteiger partial charge in [-0.1, -0.05) is 23.7 Å². The van der Waals surface area contributed by atoms with Crippen molar-refractivity contribution in [1.82, 2.24) is 4.98 Å². The number of hydrogen-bond donors (Lipinski definition) is 2. The molecule has 0 spiro atoms. The lowest BCUT2D eigenvalue weighted by molar-refractivity contribution is 1.12. The maximum Gasteiger partial charge on any atom is 0.0659 e. The van der Waals surface area contributed by atoms with Gasteiger partial charge in [0.25, 0.3) is 0 Å². The molecule has 3 aromatic rings. The molecule has 0 aliphatic rings. The number of H-pyrrole nitrogens is 1. The van der Waals surface area contributed by atoms with E-state index in [9.17, 15) is 0 Å². The summed E-state index contributed by atoms with van der Waals surface area (Å²) in [6.45, 7) is 0.770. The maximum absolute atomic E-state index is 6.28. The molecule has 0 amide bonds. The van der Waals surface area contributed by atoms with Crippen LogP contribution >= 0.6 is 11.6 Å². The third-order valence-corrected chi connectivity index (χ3v) is 3.85. The van der Waals surface area contributed by atoms with Gasteiger partial charge in [0.15, 0.2) is 0 Å². The van der Waals surface area contributed by atoms with E-state index in [1.807, 2.05) is 43.4 Å². The van der Waals surface area contributed by atoms with Gasteiger partial charge in [0.1, 0.15) is 0 Å². The second-order valence-electron chi connectivity index (χ2n) is 5.31. The lowest BCUT2D eigenvalue weighted by Gasteiger charge is -2.15. The quantitative estimate of drug-likeness (QED) is 0.743. The SMILES string of the molecule is CN(C)c1ccc(NCc2ccc3cc[nH]c3c2)cc1Cl. The van der Waals surface area contributed by atoms with E-state index < -0.39 is 0 Å². The molecule has 0 atom stereocenters. The third kappa shape index (κ3) is 2.98. The van der Waals surface area contributed by atoms with Gasteiger partial charge in [-0.15, -0.1) is 0 Å². The highest BCUT2D eigenvalue weighted by Crippen LogP contribution is 2.27. The van der Waals surface area contributed by atoms with Gasteiger partial charge < -0.3 is 15.2 Å². The summed E-state index contributed by atoms with van der Waals surface area (Å²) in [5.41, 5.74) is 4.44. The smallest absolute Gasteiger partial charge is 0.0659 e. The summed E-state index contributed by atoms with van der Waals surface area (Å²) in [4.78, 5) is 5.24. The Labute approximate surface area is 129 Å². The van der Waals surface area contributed by atoms with Crippen LogP contribution in [0.25, 0.3) is 10.9 Å². The fourth-order valence-corrected chi connectivity index (χ4v) is 2.74. The Kier molecular flexibility index (Phi) is 3.76. The van der Waals surface area contributed by atoms with E-state index in [-0.39, 0.29) is 0 Å². The number of anilines is 2. The van der Waals surface area contributed by atoms with E-state index in [2.05, 4.69) is 34.6 Å². The summed E-state index contributed by atoms with van der Waals surface area (Å²) >= 11 is 6.28. The van der Waals surface area contributed by atoms with E-state index in [4.69, 9.17) is 11.6 Å². The van der Waals surface area contributed by atoms with E-state index >= 15 is 0 Å². The second-order valence-corrected chi connectivity index (χ2v) is 5.72. The summed E-state index contributed by atoms with van der Waals surface area (Å²) in [5.74, 6) is 0. The molecule has 3 rings (SSSR count). The van der Waals surface area contributed by atoms with Crippen molar-refractivity contribution < 1.29 is 0 Å². The molecular formula is C17H18ClN3. The standard InChI is InChI=1S/C17H18ClN3/c1-21(2)17-6-5-14(10-15(17)18)20-11-12-3-4-13-7-8-19-16(13)9-12/h3-10,19-20H,11H2,1-2H3. The first-order chi connectivity index (χ1) is 10.1. The van der Waals surface area contributed by atoms with Gasteiger partial charge in [-0.05, 0) is 41.3 Å². The molecule has 0 saturated carbocycles. The molecule has 0 unspecified atom stereocenters. The van der Waals surface area contributed by atoms with E-state index in [0.717, 1.165) is 28.5 Å². The Morgan fingerprint density at radius 1 is 1.10 bits per heavy atom. The predicted octanol–water partition coefficient (Wildman–Crippen LogP) is 4.50. The Morgan fingerprint density at radius 2 is 1.95 bits per heavy atom. The third-order valence-electron chi connectivity index (χ3n) is 3.55. The molecule has 2 aromatic carbocycles. The van der Waals surface area contributed by atoms with Gasteiger partial charge in [0.2, 0.25) is 0 Å². The van der Waals surface area contributed by atoms with E-state index in [1.165, 1.54) is 10.9 Å². The minimum absolute atomic E-state index is 0.754. The van der Waals surface area contributed by atoms with Crippen molar-refractivity contribution in [2.75, 3.05) is 24.3 Å². The number of rotatable bonds is 4. The zero-order chi connectivity index (χ0) is 14.8. The average molecular weight is 300 g/mol. The van der Waals surface area contributed by atoms with Crippen molar-refractivity contribution in [1.29, 1.82) is 0 Å². The highest BCUT2D eigenvalue weighted by Gasteiger charge is 2.04. The molecule has 1 aromatic heterocycles. The number of halogens is 1. The number of hydrogen-bond acceptors (Lipinski definition) is 2. The summed E-state index contributed by atoms with van der Waals surface area (Å²) in [7, 11) is 3.97. The van der Waals surface area contributed by atoms with Gasteiger partial charge in [-0.3, -0.25) is 0 Å². The molecule has 0 bridgehead atoms. The minimum Gasteiger partial charge on any atom is -0.381 e. The topological polar surface area (TPSA) is 31.1 Å². The molecule has 2 N–H and O–H groups in total. The normalized spacial score (nSPS) is 10.8. The Balaban J connectivity index is 1.73. The van der Waals surface area contributed by atoms with Gasteiger partial charge in [0.05, 0.1) is 10.7 Å². The number of aromatic nitrogens is 1. The summed E-state index contributed by atoms with van der Waals surface area (Å²) in [6, 6.07) is 14.5. The molecule has 0 aliphatic heterocycles. The largest absolute Gasteiger partial charge is 0.381 e. The van der Waals surface area contributed by atoms with Crippen LogP contribution in [0.4, 0.5) is 11.4 Å². The molecule has 0 radical (unpaired) electrons. The van der Waals surface area contributed by atoms with Crippen molar-refractivity contribution >= 4 is 33.9 Å². The number of nitrogens with zero attached hydrogens (tertiary/aromatic N) is 1. The van der Waals surface area contributed by atoms with Crippen LogP contribution in [0.15, 0.2) is 48.7 Å². The van der Waals surface area contributed by atoms with E-state index in [1.54, 1.807) is 0 Å². The van der Waals surface area contributed by atoms with Crippen molar-refractivity contribution in [3.63, 3.8) is 0 Å². The van der Waals surface area contributed by atoms with Crippen molar-refractivity contribution in [3.05, 3.63) is 59.2 Å². The van der Waals surface area contributed by atoms with Crippen LogP contribution in [0.2, 0.25) is 5.02 Å². The summed E-state index contributed by atoms with van der Waals surface area (Å²) in [6.07, 6.45) is 1.96. The van der Waals surface area contributed by atoms with Crippen molar-refractivity contribution in [2.24, 2.45) is 0 Å². The first-order valence-corrected chi connectivity index (χ1v) is 7.28. The minimum atomic E-state index is 0.754. The summed E-state index contributed by atoms with van der Waals surface area (Å²) in [5, 5.41) is 5.40. The Morgan fingerprint density at radius 3 is 2.71 bits per heavy atom. The van der Waals surface area contributed by atoms with Crippen molar-refractivity contribution in [2.45, 2.75) is 6.54 Å². The number of aromatic amines is 1. The van der Waals surface area contributed by atoms with Gasteiger partial charge in [-0.25, -0.2) is 0 Å². The lowest BCUT2D eigenvalue weighted by Crippen LogP contribution is -2.09. The fraction of sp³-hybridized carbons (Fsp3) is 0.176. The highest BCUT2D eigenvalue weighted by molar-refractivity contribution is 6.33. The van der Waals surface area contributed by atoms with Gasteiger partial charge in [-0.2, -0.15) is 0 Å². The molecule has 1 heterocycles. The molecule has 108 valence electrons. The van der Waals surface area contributed by atoms with Crippen LogP contribution in [-0.2, 0) is 6.54 Å². The predicted molar refractivity (Wildman–Crippen MR) is 91.4 cm³/mol. The molecule has 0 aliphatic carbocycles. The average Bonchev–Trinajstić information content (AvgIpc) is 2.92. The molecular weight excluding hydrogens is 282 g/mol. The van der Waals surface area contributed by atoms with Crippen LogP contribution in [0.5, 0.6) is 0 Å². The second kappa shape index (κ2) is 5.70. The lowest BCUT2D eigenvalue weighted by atomic mass is 10.1. The van der Waals surface area contributed by atoms with Crippen LogP contribution in [-0.4, -0.2) is 19.1 Å². The fourth-order valence-electron chi connectivity index (χ4n) is 2.39. The molecule has 0 saturated heterocycles. The van der Waals surface area contributed by atoms with Crippen LogP contribution in [0.3, 0.4) is 0 Å². The number of benzene rings is 2. The molecule has 0 fully saturated rings. The van der Waals surface area contributed by atoms with Crippen LogP contribution < -0.4 is 10.2 Å². The maximum atomic E-state index is 6.28. The van der Waals surface area contributed by atoms with Crippen LogP contribution in [0, 0.1) is 0 Å². The van der Waals surface area contributed by atoms with Crippen LogP contribution in [0.1, 0.15) is 5.56 Å². The monoisotopic (exact) mass is 299 g/mol. The van der Waals surface area contributed by atoms with Gasteiger partial charge >= 0.3 is 0 Å². The summed E-state index contributed by atoms with van der Waals surface area (Å²) < 4.78 is 0. The first kappa shape index (κ1) is 13.8. The van der Waals surface area contributed by atoms with Gasteiger partial charge in [0, 0.05) is 38.0 Å². The first-order valence-electron chi connectivity index (χ1n) is 6.90. The molecule has 4 heteroatoms. The Hall–Kier alpha value is -2.13. The molecule has 3 nitrogen and oxygen atoms in total. The molecule has 21 heavy (non-hydrogen) atoms. The zero-order valence-electron chi connectivity index (χ0n) is 12.2. The van der Waals surface area contributed by atoms with E-state index in [0.29, 0.717) is 0 Å². The number of fused-ring (bicyclic) bond motifs is 1. The zero-order valence-corrected chi connectivity index (χ0v) is 12.9. The highest BCUT2D eigenvalue weighted by atomic mass is 35.5. The van der Waals surface area contributed by atoms with Crippen molar-refractivity contribution in [3.8, 4) is 0 Å².